The number of ether oxygens (including phenoxy) is 1. The Labute approximate surface area is 121 Å². The second kappa shape index (κ2) is 5.75. The first-order valence-electron chi connectivity index (χ1n) is 6.90. The number of carbonyl (C=O) groups is 1. The van der Waals surface area contributed by atoms with E-state index in [4.69, 9.17) is 4.74 Å². The van der Waals surface area contributed by atoms with Gasteiger partial charge in [0.05, 0.1) is 36.9 Å². The zero-order valence-electron chi connectivity index (χ0n) is 11.4. The third kappa shape index (κ3) is 2.90. The molecule has 0 bridgehead atoms. The molecular formula is C14H17N3O2S. The van der Waals surface area contributed by atoms with Crippen LogP contribution in [0.4, 0.5) is 0 Å². The van der Waals surface area contributed by atoms with E-state index < -0.39 is 0 Å². The number of aromatic nitrogens is 3. The Kier molecular flexibility index (Phi) is 3.82. The quantitative estimate of drug-likeness (QED) is 0.768. The van der Waals surface area contributed by atoms with Crippen molar-refractivity contribution in [3.8, 4) is 10.7 Å². The molecule has 1 saturated carbocycles. The number of carbonyl (C=O) groups excluding carboxylic acids is 1. The molecule has 0 N–H and O–H groups in total. The Hall–Kier alpha value is -1.69. The maximum atomic E-state index is 11.3. The lowest BCUT2D eigenvalue weighted by atomic mass is 10.2. The molecule has 0 aliphatic heterocycles. The van der Waals surface area contributed by atoms with E-state index in [-0.39, 0.29) is 5.97 Å². The summed E-state index contributed by atoms with van der Waals surface area (Å²) in [7, 11) is 0. The maximum Gasteiger partial charge on any atom is 0.306 e. The maximum absolute atomic E-state index is 11.3. The van der Waals surface area contributed by atoms with Crippen LogP contribution in [-0.4, -0.2) is 27.1 Å². The van der Waals surface area contributed by atoms with E-state index in [9.17, 15) is 4.79 Å². The number of aryl methyl sites for hydroxylation is 1. The molecule has 0 atom stereocenters. The Morgan fingerprint density at radius 2 is 2.40 bits per heavy atom. The summed E-state index contributed by atoms with van der Waals surface area (Å²) in [6.45, 7) is 2.25. The number of rotatable bonds is 6. The number of hydrogen-bond donors (Lipinski definition) is 0. The van der Waals surface area contributed by atoms with Gasteiger partial charge in [-0.05, 0) is 19.8 Å². The molecule has 5 nitrogen and oxygen atoms in total. The van der Waals surface area contributed by atoms with E-state index in [0.29, 0.717) is 25.5 Å². The zero-order valence-corrected chi connectivity index (χ0v) is 12.2. The van der Waals surface area contributed by atoms with Crippen LogP contribution in [0.2, 0.25) is 0 Å². The van der Waals surface area contributed by atoms with Crippen molar-refractivity contribution < 1.29 is 9.53 Å². The van der Waals surface area contributed by atoms with Crippen LogP contribution in [0.3, 0.4) is 0 Å². The summed E-state index contributed by atoms with van der Waals surface area (Å²) >= 11 is 1.61. The van der Waals surface area contributed by atoms with Crippen LogP contribution in [0, 0.1) is 0 Å². The van der Waals surface area contributed by atoms with Crippen LogP contribution in [0.5, 0.6) is 0 Å². The number of thiazole rings is 1. The first kappa shape index (κ1) is 13.3. The normalized spacial score (nSPS) is 14.4. The Balaban J connectivity index is 1.67. The molecule has 1 fully saturated rings. The number of hydrogen-bond acceptors (Lipinski definition) is 5. The molecular weight excluding hydrogens is 274 g/mol. The van der Waals surface area contributed by atoms with Crippen LogP contribution in [0.1, 0.15) is 37.9 Å². The fraction of sp³-hybridized carbons (Fsp3) is 0.500. The zero-order chi connectivity index (χ0) is 13.9. The number of nitrogens with zero attached hydrogens (tertiary/aromatic N) is 3. The second-order valence-corrected chi connectivity index (χ2v) is 5.72. The minimum atomic E-state index is -0.162. The predicted octanol–water partition coefficient (Wildman–Crippen LogP) is 2.84. The molecule has 6 heteroatoms. The minimum Gasteiger partial charge on any atom is -0.466 e. The SMILES string of the molecule is CCOC(=O)CCc1csc(-c2cncn2C2CC2)n1. The molecule has 0 unspecified atom stereocenters. The highest BCUT2D eigenvalue weighted by Crippen LogP contribution is 2.38. The average Bonchev–Trinajstić information content (AvgIpc) is 3.00. The van der Waals surface area contributed by atoms with Crippen molar-refractivity contribution in [3.05, 3.63) is 23.6 Å². The molecule has 106 valence electrons. The summed E-state index contributed by atoms with van der Waals surface area (Å²) in [5.74, 6) is -0.162. The summed E-state index contributed by atoms with van der Waals surface area (Å²) in [6.07, 6.45) is 7.22. The molecule has 2 aromatic heterocycles. The summed E-state index contributed by atoms with van der Waals surface area (Å²) in [5, 5.41) is 2.99. The topological polar surface area (TPSA) is 57.0 Å². The van der Waals surface area contributed by atoms with E-state index in [0.717, 1.165) is 16.4 Å². The molecule has 1 aliphatic rings. The van der Waals surface area contributed by atoms with E-state index in [1.807, 2.05) is 24.8 Å². The molecule has 0 radical (unpaired) electrons. The van der Waals surface area contributed by atoms with Crippen LogP contribution in [-0.2, 0) is 16.0 Å². The summed E-state index contributed by atoms with van der Waals surface area (Å²) in [4.78, 5) is 20.2. The minimum absolute atomic E-state index is 0.162. The van der Waals surface area contributed by atoms with Gasteiger partial charge in [-0.25, -0.2) is 9.97 Å². The second-order valence-electron chi connectivity index (χ2n) is 4.87. The molecule has 2 aromatic rings. The number of esters is 1. The lowest BCUT2D eigenvalue weighted by Crippen LogP contribution is -2.05. The van der Waals surface area contributed by atoms with Crippen LogP contribution in [0.15, 0.2) is 17.9 Å². The average molecular weight is 291 g/mol. The Morgan fingerprint density at radius 3 is 3.15 bits per heavy atom. The summed E-state index contributed by atoms with van der Waals surface area (Å²) in [6, 6.07) is 0.597. The van der Waals surface area contributed by atoms with Crippen LogP contribution >= 0.6 is 11.3 Å². The fourth-order valence-corrected chi connectivity index (χ4v) is 2.98. The highest BCUT2D eigenvalue weighted by atomic mass is 32.1. The van der Waals surface area contributed by atoms with Gasteiger partial charge in [-0.15, -0.1) is 11.3 Å². The van der Waals surface area contributed by atoms with Crippen molar-refractivity contribution in [2.75, 3.05) is 6.61 Å². The van der Waals surface area contributed by atoms with Crippen molar-refractivity contribution in [2.45, 2.75) is 38.6 Å². The van der Waals surface area contributed by atoms with Gasteiger partial charge in [-0.2, -0.15) is 0 Å². The molecule has 0 amide bonds. The molecule has 20 heavy (non-hydrogen) atoms. The molecule has 0 saturated heterocycles. The van der Waals surface area contributed by atoms with Crippen LogP contribution < -0.4 is 0 Å². The molecule has 0 spiro atoms. The smallest absolute Gasteiger partial charge is 0.306 e. The molecule has 2 heterocycles. The molecule has 1 aliphatic carbocycles. The lowest BCUT2D eigenvalue weighted by Gasteiger charge is -2.02. The summed E-state index contributed by atoms with van der Waals surface area (Å²) in [5.41, 5.74) is 2.03. The van der Waals surface area contributed by atoms with E-state index in [1.54, 1.807) is 11.3 Å². The highest BCUT2D eigenvalue weighted by Gasteiger charge is 2.26. The van der Waals surface area contributed by atoms with Gasteiger partial charge in [-0.1, -0.05) is 0 Å². The van der Waals surface area contributed by atoms with Crippen molar-refractivity contribution >= 4 is 17.3 Å². The van der Waals surface area contributed by atoms with E-state index in [1.165, 1.54) is 12.8 Å². The molecule has 3 rings (SSSR count). The largest absolute Gasteiger partial charge is 0.466 e. The van der Waals surface area contributed by atoms with Crippen molar-refractivity contribution in [2.24, 2.45) is 0 Å². The first-order chi connectivity index (χ1) is 9.78. The van der Waals surface area contributed by atoms with Crippen molar-refractivity contribution in [1.29, 1.82) is 0 Å². The van der Waals surface area contributed by atoms with E-state index >= 15 is 0 Å². The number of imidazole rings is 1. The van der Waals surface area contributed by atoms with Gasteiger partial charge in [0, 0.05) is 17.8 Å². The van der Waals surface area contributed by atoms with Gasteiger partial charge in [0.1, 0.15) is 5.01 Å². The standard InChI is InChI=1S/C14H17N3O2S/c1-2-19-13(18)6-3-10-8-20-14(16-10)12-7-15-9-17(12)11-4-5-11/h7-9,11H,2-6H2,1H3. The Morgan fingerprint density at radius 1 is 1.55 bits per heavy atom. The lowest BCUT2D eigenvalue weighted by molar-refractivity contribution is -0.143. The van der Waals surface area contributed by atoms with Crippen LogP contribution in [0.25, 0.3) is 10.7 Å². The summed E-state index contributed by atoms with van der Waals surface area (Å²) < 4.78 is 7.13. The van der Waals surface area contributed by atoms with Crippen molar-refractivity contribution in [1.82, 2.24) is 14.5 Å². The van der Waals surface area contributed by atoms with E-state index in [2.05, 4.69) is 14.5 Å². The van der Waals surface area contributed by atoms with Gasteiger partial charge in [0.2, 0.25) is 0 Å². The van der Waals surface area contributed by atoms with Gasteiger partial charge in [0.25, 0.3) is 0 Å². The predicted molar refractivity (Wildman–Crippen MR) is 76.6 cm³/mol. The highest BCUT2D eigenvalue weighted by molar-refractivity contribution is 7.13. The third-order valence-electron chi connectivity index (χ3n) is 3.27. The monoisotopic (exact) mass is 291 g/mol. The fourth-order valence-electron chi connectivity index (χ4n) is 2.12. The van der Waals surface area contributed by atoms with Gasteiger partial charge in [-0.3, -0.25) is 4.79 Å². The van der Waals surface area contributed by atoms with Gasteiger partial charge >= 0.3 is 5.97 Å². The van der Waals surface area contributed by atoms with Crippen molar-refractivity contribution in [3.63, 3.8) is 0 Å². The van der Waals surface area contributed by atoms with Gasteiger partial charge in [0.15, 0.2) is 0 Å². The third-order valence-corrected chi connectivity index (χ3v) is 4.18. The Bertz CT molecular complexity index is 601. The molecule has 0 aromatic carbocycles. The first-order valence-corrected chi connectivity index (χ1v) is 7.78. The van der Waals surface area contributed by atoms with Gasteiger partial charge < -0.3 is 9.30 Å².